The Bertz CT molecular complexity index is 398. The fourth-order valence-corrected chi connectivity index (χ4v) is 1.55. The van der Waals surface area contributed by atoms with Crippen LogP contribution in [0.4, 0.5) is 0 Å². The summed E-state index contributed by atoms with van der Waals surface area (Å²) in [6, 6.07) is 8.36. The van der Waals surface area contributed by atoms with Gasteiger partial charge in [-0.3, -0.25) is 0 Å². The summed E-state index contributed by atoms with van der Waals surface area (Å²) in [5.41, 5.74) is 2.74. The van der Waals surface area contributed by atoms with Gasteiger partial charge in [0.15, 0.2) is 9.84 Å². The molecule has 0 bridgehead atoms. The highest BCUT2D eigenvalue weighted by Gasteiger charge is 2.01. The Kier molecular flexibility index (Phi) is 6.74. The third-order valence-corrected chi connectivity index (χ3v) is 3.86. The molecular formula is C13H20O2S. The molecular weight excluding hydrogens is 220 g/mol. The van der Waals surface area contributed by atoms with Crippen molar-refractivity contribution in [3.63, 3.8) is 0 Å². The first-order valence-electron chi connectivity index (χ1n) is 5.26. The molecule has 2 nitrogen and oxygen atoms in total. The van der Waals surface area contributed by atoms with Gasteiger partial charge in [-0.25, -0.2) is 8.42 Å². The van der Waals surface area contributed by atoms with E-state index in [1.165, 1.54) is 17.2 Å². The van der Waals surface area contributed by atoms with Crippen molar-refractivity contribution in [1.82, 2.24) is 0 Å². The molecule has 1 rings (SSSR count). The summed E-state index contributed by atoms with van der Waals surface area (Å²) in [4.78, 5) is 0. The van der Waals surface area contributed by atoms with Gasteiger partial charge in [0.2, 0.25) is 0 Å². The lowest BCUT2D eigenvalue weighted by Gasteiger charge is -1.93. The summed E-state index contributed by atoms with van der Waals surface area (Å²) < 4.78 is 21.1. The average molecular weight is 240 g/mol. The molecule has 0 saturated carbocycles. The van der Waals surface area contributed by atoms with Crippen LogP contribution in [0.25, 0.3) is 0 Å². The highest BCUT2D eigenvalue weighted by atomic mass is 32.2. The molecule has 0 N–H and O–H groups in total. The molecule has 3 heteroatoms. The van der Waals surface area contributed by atoms with Crippen molar-refractivity contribution in [2.75, 3.05) is 11.5 Å². The highest BCUT2D eigenvalue weighted by Crippen LogP contribution is 2.02. The molecule has 0 aromatic heterocycles. The van der Waals surface area contributed by atoms with Crippen LogP contribution in [0.5, 0.6) is 0 Å². The molecule has 0 heterocycles. The van der Waals surface area contributed by atoms with E-state index in [1.54, 1.807) is 6.92 Å². The van der Waals surface area contributed by atoms with Crippen LogP contribution < -0.4 is 0 Å². The molecule has 0 amide bonds. The summed E-state index contributed by atoms with van der Waals surface area (Å²) in [6.45, 7) is 9.18. The summed E-state index contributed by atoms with van der Waals surface area (Å²) in [7, 11) is -2.79. The molecule has 0 fully saturated rings. The molecule has 0 unspecified atom stereocenters. The lowest BCUT2D eigenvalue weighted by atomic mass is 10.1. The topological polar surface area (TPSA) is 34.1 Å². The van der Waals surface area contributed by atoms with E-state index in [4.69, 9.17) is 0 Å². The zero-order valence-electron chi connectivity index (χ0n) is 10.2. The van der Waals surface area contributed by atoms with E-state index in [1.807, 2.05) is 0 Å². The van der Waals surface area contributed by atoms with Crippen molar-refractivity contribution in [1.29, 1.82) is 0 Å². The molecule has 0 atom stereocenters. The zero-order valence-corrected chi connectivity index (χ0v) is 11.0. The lowest BCUT2D eigenvalue weighted by Crippen LogP contribution is -2.05. The summed E-state index contributed by atoms with van der Waals surface area (Å²) in [5.74, 6) is 0.308. The fraction of sp³-hybridized carbons (Fsp3) is 0.385. The van der Waals surface area contributed by atoms with Crippen LogP contribution in [0, 0.1) is 13.8 Å². The summed E-state index contributed by atoms with van der Waals surface area (Å²) in [6.07, 6.45) is 1.40. The van der Waals surface area contributed by atoms with E-state index in [-0.39, 0.29) is 11.5 Å². The van der Waals surface area contributed by atoms with E-state index in [0.29, 0.717) is 0 Å². The Morgan fingerprint density at radius 3 is 1.81 bits per heavy atom. The van der Waals surface area contributed by atoms with Gasteiger partial charge in [0.1, 0.15) is 0 Å². The van der Waals surface area contributed by atoms with Crippen LogP contribution in [-0.2, 0) is 9.84 Å². The van der Waals surface area contributed by atoms with Crippen LogP contribution >= 0.6 is 0 Å². The third kappa shape index (κ3) is 6.40. The maximum atomic E-state index is 10.5. The van der Waals surface area contributed by atoms with Gasteiger partial charge in [0, 0.05) is 5.75 Å². The second kappa shape index (κ2) is 7.23. The number of benzene rings is 1. The Hall–Kier alpha value is -1.09. The molecule has 0 saturated heterocycles. The van der Waals surface area contributed by atoms with E-state index >= 15 is 0 Å². The van der Waals surface area contributed by atoms with Crippen molar-refractivity contribution in [3.8, 4) is 0 Å². The predicted molar refractivity (Wildman–Crippen MR) is 70.4 cm³/mol. The first-order valence-corrected chi connectivity index (χ1v) is 7.08. The van der Waals surface area contributed by atoms with Gasteiger partial charge in [-0.05, 0) is 25.0 Å². The van der Waals surface area contributed by atoms with Gasteiger partial charge in [-0.1, -0.05) is 37.3 Å². The maximum absolute atomic E-state index is 10.5. The van der Waals surface area contributed by atoms with E-state index < -0.39 is 9.84 Å². The SMILES string of the molecule is C=CCS(=O)(=O)CC.Cc1ccccc1C. The molecule has 16 heavy (non-hydrogen) atoms. The average Bonchev–Trinajstić information content (AvgIpc) is 2.23. The Labute approximate surface area is 98.9 Å². The number of hydrogen-bond acceptors (Lipinski definition) is 2. The Morgan fingerprint density at radius 1 is 1.19 bits per heavy atom. The molecule has 0 aliphatic rings. The van der Waals surface area contributed by atoms with Gasteiger partial charge in [-0.15, -0.1) is 6.58 Å². The number of rotatable bonds is 3. The number of aryl methyl sites for hydroxylation is 2. The van der Waals surface area contributed by atoms with Crippen LogP contribution in [0.15, 0.2) is 36.9 Å². The molecule has 0 spiro atoms. The van der Waals surface area contributed by atoms with E-state index in [0.717, 1.165) is 0 Å². The van der Waals surface area contributed by atoms with Crippen LogP contribution in [-0.4, -0.2) is 19.9 Å². The van der Waals surface area contributed by atoms with Gasteiger partial charge < -0.3 is 0 Å². The smallest absolute Gasteiger partial charge is 0.153 e. The largest absolute Gasteiger partial charge is 0.229 e. The van der Waals surface area contributed by atoms with Gasteiger partial charge >= 0.3 is 0 Å². The van der Waals surface area contributed by atoms with E-state index in [2.05, 4.69) is 44.7 Å². The second-order valence-corrected chi connectivity index (χ2v) is 5.97. The van der Waals surface area contributed by atoms with Crippen LogP contribution in [0.2, 0.25) is 0 Å². The first-order chi connectivity index (χ1) is 7.43. The second-order valence-electron chi connectivity index (χ2n) is 3.57. The molecule has 0 radical (unpaired) electrons. The number of hydrogen-bond donors (Lipinski definition) is 0. The van der Waals surface area contributed by atoms with Gasteiger partial charge in [0.25, 0.3) is 0 Å². The zero-order chi connectivity index (χ0) is 12.6. The quantitative estimate of drug-likeness (QED) is 0.761. The minimum Gasteiger partial charge on any atom is -0.229 e. The van der Waals surface area contributed by atoms with Crippen molar-refractivity contribution < 1.29 is 8.42 Å². The van der Waals surface area contributed by atoms with Crippen LogP contribution in [0.3, 0.4) is 0 Å². The Balaban J connectivity index is 0.000000281. The summed E-state index contributed by atoms with van der Waals surface area (Å²) >= 11 is 0. The third-order valence-electron chi connectivity index (χ3n) is 2.24. The minimum atomic E-state index is -2.79. The van der Waals surface area contributed by atoms with Gasteiger partial charge in [0.05, 0.1) is 5.75 Å². The molecule has 1 aromatic carbocycles. The predicted octanol–water partition coefficient (Wildman–Crippen LogP) is 2.91. The van der Waals surface area contributed by atoms with Crippen molar-refractivity contribution in [2.24, 2.45) is 0 Å². The first kappa shape index (κ1) is 14.9. The highest BCUT2D eigenvalue weighted by molar-refractivity contribution is 7.91. The molecule has 1 aromatic rings. The Morgan fingerprint density at radius 2 is 1.62 bits per heavy atom. The van der Waals surface area contributed by atoms with E-state index in [9.17, 15) is 8.42 Å². The standard InChI is InChI=1S/C8H10.C5H10O2S/c1-7-5-3-4-6-8(7)2;1-3-5-8(6,7)4-2/h3-6H,1-2H3;3H,1,4-5H2,2H3. The van der Waals surface area contributed by atoms with Crippen molar-refractivity contribution in [3.05, 3.63) is 48.0 Å². The monoisotopic (exact) mass is 240 g/mol. The van der Waals surface area contributed by atoms with Crippen LogP contribution in [0.1, 0.15) is 18.1 Å². The summed E-state index contributed by atoms with van der Waals surface area (Å²) in [5, 5.41) is 0. The number of sulfone groups is 1. The normalized spacial score (nSPS) is 10.2. The minimum absolute atomic E-state index is 0.101. The lowest BCUT2D eigenvalue weighted by molar-refractivity contribution is 0.600. The maximum Gasteiger partial charge on any atom is 0.153 e. The molecule has 90 valence electrons. The molecule has 0 aliphatic heterocycles. The fourth-order valence-electron chi connectivity index (χ4n) is 0.960. The van der Waals surface area contributed by atoms with Crippen molar-refractivity contribution in [2.45, 2.75) is 20.8 Å². The van der Waals surface area contributed by atoms with Crippen molar-refractivity contribution >= 4 is 9.84 Å². The van der Waals surface area contributed by atoms with Gasteiger partial charge in [-0.2, -0.15) is 0 Å². The molecule has 0 aliphatic carbocycles.